The highest BCUT2D eigenvalue weighted by Gasteiger charge is 2.08. The van der Waals surface area contributed by atoms with Crippen molar-refractivity contribution in [3.8, 4) is 0 Å². The predicted molar refractivity (Wildman–Crippen MR) is 88.6 cm³/mol. The lowest BCUT2D eigenvalue weighted by molar-refractivity contribution is 0.519. The molecule has 1 aliphatic carbocycles. The SMILES string of the molecule is CN(/N=C\[C@@H]1CC=CCC1)C(=S)NCc1ccccc1. The monoisotopic (exact) mass is 287 g/mol. The second-order valence-corrected chi connectivity index (χ2v) is 5.36. The Kier molecular flexibility index (Phi) is 5.74. The molecule has 0 aliphatic heterocycles. The molecule has 0 saturated heterocycles. The van der Waals surface area contributed by atoms with E-state index in [1.807, 2.05) is 31.5 Å². The fourth-order valence-corrected chi connectivity index (χ4v) is 2.21. The smallest absolute Gasteiger partial charge is 0.189 e. The molecule has 0 saturated carbocycles. The Bertz CT molecular complexity index is 482. The highest BCUT2D eigenvalue weighted by atomic mass is 32.1. The molecule has 0 fully saturated rings. The van der Waals surface area contributed by atoms with Crippen LogP contribution in [0, 0.1) is 5.92 Å². The summed E-state index contributed by atoms with van der Waals surface area (Å²) in [6.45, 7) is 0.728. The number of nitrogens with one attached hydrogen (secondary N) is 1. The van der Waals surface area contributed by atoms with Crippen LogP contribution in [-0.2, 0) is 6.54 Å². The van der Waals surface area contributed by atoms with E-state index < -0.39 is 0 Å². The Morgan fingerprint density at radius 2 is 2.20 bits per heavy atom. The fraction of sp³-hybridized carbons (Fsp3) is 0.375. The van der Waals surface area contributed by atoms with E-state index in [2.05, 4.69) is 34.7 Å². The van der Waals surface area contributed by atoms with Crippen LogP contribution in [0.15, 0.2) is 47.6 Å². The van der Waals surface area contributed by atoms with Crippen LogP contribution >= 0.6 is 12.2 Å². The maximum absolute atomic E-state index is 5.33. The van der Waals surface area contributed by atoms with Crippen molar-refractivity contribution in [3.05, 3.63) is 48.0 Å². The zero-order valence-corrected chi connectivity index (χ0v) is 12.6. The topological polar surface area (TPSA) is 27.6 Å². The van der Waals surface area contributed by atoms with Crippen molar-refractivity contribution in [2.24, 2.45) is 11.0 Å². The number of nitrogens with zero attached hydrogens (tertiary/aromatic N) is 2. The van der Waals surface area contributed by atoms with E-state index in [0.29, 0.717) is 11.0 Å². The van der Waals surface area contributed by atoms with Crippen molar-refractivity contribution in [3.63, 3.8) is 0 Å². The van der Waals surface area contributed by atoms with Crippen LogP contribution < -0.4 is 5.32 Å². The normalized spacial score (nSPS) is 18.1. The first-order valence-corrected chi connectivity index (χ1v) is 7.41. The summed E-state index contributed by atoms with van der Waals surface area (Å²) in [4.78, 5) is 0. The van der Waals surface area contributed by atoms with Crippen LogP contribution in [0.1, 0.15) is 24.8 Å². The average Bonchev–Trinajstić information content (AvgIpc) is 2.52. The van der Waals surface area contributed by atoms with Crippen molar-refractivity contribution < 1.29 is 0 Å². The summed E-state index contributed by atoms with van der Waals surface area (Å²) in [5.74, 6) is 0.541. The Hall–Kier alpha value is -1.68. The lowest BCUT2D eigenvalue weighted by atomic mass is 9.96. The first kappa shape index (κ1) is 14.7. The number of rotatable bonds is 4. The van der Waals surface area contributed by atoms with Gasteiger partial charge in [-0.05, 0) is 43.0 Å². The summed E-state index contributed by atoms with van der Waals surface area (Å²) < 4.78 is 0. The molecule has 0 spiro atoms. The van der Waals surface area contributed by atoms with Gasteiger partial charge in [0, 0.05) is 19.8 Å². The molecule has 106 valence electrons. The molecule has 1 aliphatic rings. The Morgan fingerprint density at radius 3 is 2.90 bits per heavy atom. The molecule has 1 aromatic rings. The summed E-state index contributed by atoms with van der Waals surface area (Å²) in [6.07, 6.45) is 9.89. The molecule has 0 aromatic heterocycles. The first-order valence-electron chi connectivity index (χ1n) is 7.00. The molecule has 20 heavy (non-hydrogen) atoms. The molecule has 3 nitrogen and oxygen atoms in total. The van der Waals surface area contributed by atoms with Crippen LogP contribution in [0.2, 0.25) is 0 Å². The summed E-state index contributed by atoms with van der Waals surface area (Å²) in [6, 6.07) is 10.2. The number of benzene rings is 1. The van der Waals surface area contributed by atoms with E-state index >= 15 is 0 Å². The van der Waals surface area contributed by atoms with Gasteiger partial charge in [0.15, 0.2) is 5.11 Å². The summed E-state index contributed by atoms with van der Waals surface area (Å²) >= 11 is 5.33. The molecule has 0 bridgehead atoms. The minimum atomic E-state index is 0.541. The van der Waals surface area contributed by atoms with Gasteiger partial charge < -0.3 is 5.32 Å². The third kappa shape index (κ3) is 4.78. The third-order valence-electron chi connectivity index (χ3n) is 3.34. The average molecular weight is 287 g/mol. The molecule has 2 rings (SSSR count). The Balaban J connectivity index is 1.77. The zero-order chi connectivity index (χ0) is 14.2. The molecule has 4 heteroatoms. The van der Waals surface area contributed by atoms with Gasteiger partial charge in [-0.15, -0.1) is 0 Å². The largest absolute Gasteiger partial charge is 0.357 e. The molecule has 0 heterocycles. The van der Waals surface area contributed by atoms with Gasteiger partial charge in [0.25, 0.3) is 0 Å². The van der Waals surface area contributed by atoms with Gasteiger partial charge in [0.2, 0.25) is 0 Å². The fourth-order valence-electron chi connectivity index (χ4n) is 2.09. The van der Waals surface area contributed by atoms with Gasteiger partial charge in [-0.25, -0.2) is 5.01 Å². The number of hydrazone groups is 1. The number of allylic oxidation sites excluding steroid dienone is 2. The summed E-state index contributed by atoms with van der Waals surface area (Å²) in [7, 11) is 1.88. The summed E-state index contributed by atoms with van der Waals surface area (Å²) in [5.41, 5.74) is 1.21. The van der Waals surface area contributed by atoms with Crippen molar-refractivity contribution in [2.75, 3.05) is 7.05 Å². The van der Waals surface area contributed by atoms with Crippen molar-refractivity contribution in [2.45, 2.75) is 25.8 Å². The lowest BCUT2D eigenvalue weighted by Crippen LogP contribution is -2.33. The second-order valence-electron chi connectivity index (χ2n) is 4.98. The van der Waals surface area contributed by atoms with Crippen molar-refractivity contribution in [1.29, 1.82) is 0 Å². The minimum Gasteiger partial charge on any atom is -0.357 e. The van der Waals surface area contributed by atoms with E-state index in [0.717, 1.165) is 19.4 Å². The molecule has 1 aromatic carbocycles. The minimum absolute atomic E-state index is 0.541. The molecular formula is C16H21N3S. The van der Waals surface area contributed by atoms with Crippen LogP contribution in [0.5, 0.6) is 0 Å². The maximum Gasteiger partial charge on any atom is 0.189 e. The molecule has 1 atom stereocenters. The number of thiocarbonyl (C=S) groups is 1. The predicted octanol–water partition coefficient (Wildman–Crippen LogP) is 3.34. The van der Waals surface area contributed by atoms with Crippen LogP contribution in [-0.4, -0.2) is 23.4 Å². The van der Waals surface area contributed by atoms with E-state index in [1.54, 1.807) is 5.01 Å². The van der Waals surface area contributed by atoms with Crippen LogP contribution in [0.4, 0.5) is 0 Å². The number of hydrogen-bond acceptors (Lipinski definition) is 2. The standard InChI is InChI=1S/C16H21N3S/c1-19(18-13-15-10-6-3-7-11-15)16(20)17-12-14-8-4-2-5-9-14/h2-6,8-9,13,15H,7,10-12H2,1H3,(H,17,20)/b18-13-/t15-/m1/s1. The molecule has 0 radical (unpaired) electrons. The zero-order valence-electron chi connectivity index (χ0n) is 11.8. The van der Waals surface area contributed by atoms with Gasteiger partial charge in [-0.3, -0.25) is 0 Å². The third-order valence-corrected chi connectivity index (χ3v) is 3.75. The van der Waals surface area contributed by atoms with E-state index in [1.165, 1.54) is 12.0 Å². The lowest BCUT2D eigenvalue weighted by Gasteiger charge is -2.18. The van der Waals surface area contributed by atoms with E-state index in [4.69, 9.17) is 12.2 Å². The maximum atomic E-state index is 5.33. The van der Waals surface area contributed by atoms with E-state index in [9.17, 15) is 0 Å². The molecule has 0 unspecified atom stereocenters. The second kappa shape index (κ2) is 7.80. The van der Waals surface area contributed by atoms with Crippen LogP contribution in [0.3, 0.4) is 0 Å². The van der Waals surface area contributed by atoms with Gasteiger partial charge in [0.1, 0.15) is 0 Å². The van der Waals surface area contributed by atoms with Gasteiger partial charge >= 0.3 is 0 Å². The van der Waals surface area contributed by atoms with Gasteiger partial charge in [-0.1, -0.05) is 42.5 Å². The quantitative estimate of drug-likeness (QED) is 0.398. The number of hydrogen-bond donors (Lipinski definition) is 1. The molecule has 0 amide bonds. The summed E-state index contributed by atoms with van der Waals surface area (Å²) in [5, 5.41) is 10.0. The Labute approximate surface area is 126 Å². The van der Waals surface area contributed by atoms with E-state index in [-0.39, 0.29) is 0 Å². The van der Waals surface area contributed by atoms with Crippen molar-refractivity contribution in [1.82, 2.24) is 10.3 Å². The first-order chi connectivity index (χ1) is 9.75. The van der Waals surface area contributed by atoms with Gasteiger partial charge in [0.05, 0.1) is 0 Å². The van der Waals surface area contributed by atoms with Crippen molar-refractivity contribution >= 4 is 23.5 Å². The van der Waals surface area contributed by atoms with Gasteiger partial charge in [-0.2, -0.15) is 5.10 Å². The molecular weight excluding hydrogens is 266 g/mol. The van der Waals surface area contributed by atoms with Crippen LogP contribution in [0.25, 0.3) is 0 Å². The highest BCUT2D eigenvalue weighted by Crippen LogP contribution is 2.15. The molecule has 1 N–H and O–H groups in total. The Morgan fingerprint density at radius 1 is 1.40 bits per heavy atom. The highest BCUT2D eigenvalue weighted by molar-refractivity contribution is 7.80.